The molecule has 1 unspecified atom stereocenters. The number of halogens is 1. The van der Waals surface area contributed by atoms with Gasteiger partial charge in [0.25, 0.3) is 11.7 Å². The first-order valence-electron chi connectivity index (χ1n) is 9.72. The molecule has 1 aliphatic rings. The number of aliphatic hydroxyl groups excluding tert-OH is 1. The van der Waals surface area contributed by atoms with E-state index in [1.54, 1.807) is 30.3 Å². The Morgan fingerprint density at radius 1 is 1.00 bits per heavy atom. The van der Waals surface area contributed by atoms with Crippen molar-refractivity contribution < 1.29 is 28.9 Å². The fourth-order valence-corrected chi connectivity index (χ4v) is 3.88. The van der Waals surface area contributed by atoms with Gasteiger partial charge in [-0.3, -0.25) is 9.59 Å². The van der Waals surface area contributed by atoms with E-state index in [2.05, 4.69) is 0 Å². The van der Waals surface area contributed by atoms with E-state index in [-0.39, 0.29) is 11.3 Å². The maximum absolute atomic E-state index is 13.0. The summed E-state index contributed by atoms with van der Waals surface area (Å²) in [6.07, 6.45) is 0.644. The third kappa shape index (κ3) is 4.05. The van der Waals surface area contributed by atoms with E-state index in [0.717, 1.165) is 0 Å². The van der Waals surface area contributed by atoms with Gasteiger partial charge in [0.05, 0.1) is 38.0 Å². The molecule has 2 aromatic carbocycles. The van der Waals surface area contributed by atoms with Gasteiger partial charge in [0.2, 0.25) is 0 Å². The van der Waals surface area contributed by atoms with Crippen LogP contribution >= 0.6 is 11.6 Å². The fourth-order valence-electron chi connectivity index (χ4n) is 3.68. The van der Waals surface area contributed by atoms with Crippen molar-refractivity contribution in [2.45, 2.75) is 19.4 Å². The summed E-state index contributed by atoms with van der Waals surface area (Å²) in [5.41, 5.74) is 0.934. The summed E-state index contributed by atoms with van der Waals surface area (Å²) in [6.45, 7) is 2.26. The maximum atomic E-state index is 13.0. The largest absolute Gasteiger partial charge is 0.507 e. The molecule has 31 heavy (non-hydrogen) atoms. The number of nitrogens with zero attached hydrogens (tertiary/aromatic N) is 1. The number of Topliss-reactive ketones (excluding diaryl/α,β-unsaturated/α-hetero) is 1. The van der Waals surface area contributed by atoms with E-state index in [1.807, 2.05) is 6.92 Å². The molecule has 0 saturated carbocycles. The Morgan fingerprint density at radius 2 is 1.68 bits per heavy atom. The van der Waals surface area contributed by atoms with Crippen LogP contribution in [-0.4, -0.2) is 49.6 Å². The maximum Gasteiger partial charge on any atom is 0.295 e. The number of amides is 1. The standard InChI is InChI=1S/C23H24ClNO6/c1-5-10-25-20(13-7-9-16(29-2)18(11-13)31-4)19(22(27)23(25)28)21(26)14-6-8-15(24)17(12-14)30-3/h6-9,11-12,20,26H,5,10H2,1-4H3/b21-19-. The van der Waals surface area contributed by atoms with Gasteiger partial charge in [-0.2, -0.15) is 0 Å². The number of aliphatic hydroxyl groups is 1. The zero-order chi connectivity index (χ0) is 22.7. The number of likely N-dealkylation sites (tertiary alicyclic amines) is 1. The Bertz CT molecular complexity index is 1050. The second kappa shape index (κ2) is 9.31. The minimum absolute atomic E-state index is 0.00459. The fraction of sp³-hybridized carbons (Fsp3) is 0.304. The minimum Gasteiger partial charge on any atom is -0.507 e. The molecule has 0 aliphatic carbocycles. The summed E-state index contributed by atoms with van der Waals surface area (Å²) in [7, 11) is 4.48. The van der Waals surface area contributed by atoms with Crippen LogP contribution in [0.4, 0.5) is 0 Å². The monoisotopic (exact) mass is 445 g/mol. The molecule has 1 aliphatic heterocycles. The van der Waals surface area contributed by atoms with Crippen LogP contribution in [0, 0.1) is 0 Å². The second-order valence-corrected chi connectivity index (χ2v) is 7.36. The lowest BCUT2D eigenvalue weighted by Crippen LogP contribution is -2.30. The molecule has 0 aromatic heterocycles. The highest BCUT2D eigenvalue weighted by Crippen LogP contribution is 2.42. The van der Waals surface area contributed by atoms with Gasteiger partial charge in [-0.05, 0) is 42.3 Å². The van der Waals surface area contributed by atoms with Crippen molar-refractivity contribution in [3.8, 4) is 17.2 Å². The van der Waals surface area contributed by atoms with Gasteiger partial charge in [-0.1, -0.05) is 24.6 Å². The lowest BCUT2D eigenvalue weighted by atomic mass is 9.95. The van der Waals surface area contributed by atoms with Gasteiger partial charge in [0, 0.05) is 12.1 Å². The predicted molar refractivity (Wildman–Crippen MR) is 117 cm³/mol. The van der Waals surface area contributed by atoms with Crippen LogP contribution in [0.15, 0.2) is 42.0 Å². The predicted octanol–water partition coefficient (Wildman–Crippen LogP) is 4.20. The number of carbonyl (C=O) groups excluding carboxylic acids is 2. The summed E-state index contributed by atoms with van der Waals surface area (Å²) in [6, 6.07) is 9.02. The van der Waals surface area contributed by atoms with Gasteiger partial charge >= 0.3 is 0 Å². The molecule has 1 atom stereocenters. The molecule has 1 amide bonds. The number of hydrogen-bond donors (Lipinski definition) is 1. The zero-order valence-corrected chi connectivity index (χ0v) is 18.5. The number of ketones is 1. The number of hydrogen-bond acceptors (Lipinski definition) is 6. The number of methoxy groups -OCH3 is 3. The average Bonchev–Trinajstić information content (AvgIpc) is 3.03. The van der Waals surface area contributed by atoms with Crippen LogP contribution in [-0.2, 0) is 9.59 Å². The van der Waals surface area contributed by atoms with Crippen molar-refractivity contribution in [1.29, 1.82) is 0 Å². The molecule has 1 saturated heterocycles. The van der Waals surface area contributed by atoms with Gasteiger partial charge in [0.1, 0.15) is 11.5 Å². The van der Waals surface area contributed by atoms with Gasteiger partial charge < -0.3 is 24.2 Å². The molecule has 0 bridgehead atoms. The summed E-state index contributed by atoms with van der Waals surface area (Å²) in [5, 5.41) is 11.5. The Balaban J connectivity index is 2.22. The molecule has 3 rings (SSSR count). The molecular weight excluding hydrogens is 422 g/mol. The third-order valence-electron chi connectivity index (χ3n) is 5.15. The van der Waals surface area contributed by atoms with E-state index in [0.29, 0.717) is 46.4 Å². The Morgan fingerprint density at radius 3 is 2.29 bits per heavy atom. The highest BCUT2D eigenvalue weighted by Gasteiger charge is 2.45. The van der Waals surface area contributed by atoms with E-state index in [1.165, 1.54) is 32.3 Å². The first-order chi connectivity index (χ1) is 14.9. The molecule has 8 heteroatoms. The molecule has 1 heterocycles. The first-order valence-corrected chi connectivity index (χ1v) is 10.1. The summed E-state index contributed by atoms with van der Waals surface area (Å²) < 4.78 is 15.9. The second-order valence-electron chi connectivity index (χ2n) is 6.96. The number of benzene rings is 2. The average molecular weight is 446 g/mol. The Hall–Kier alpha value is -3.19. The van der Waals surface area contributed by atoms with Crippen LogP contribution in [0.2, 0.25) is 5.02 Å². The van der Waals surface area contributed by atoms with Crippen molar-refractivity contribution in [2.75, 3.05) is 27.9 Å². The highest BCUT2D eigenvalue weighted by atomic mass is 35.5. The molecule has 2 aromatic rings. The molecule has 7 nitrogen and oxygen atoms in total. The third-order valence-corrected chi connectivity index (χ3v) is 5.46. The van der Waals surface area contributed by atoms with Crippen molar-refractivity contribution >= 4 is 29.1 Å². The first kappa shape index (κ1) is 22.5. The molecular formula is C23H24ClNO6. The van der Waals surface area contributed by atoms with E-state index >= 15 is 0 Å². The minimum atomic E-state index is -0.776. The van der Waals surface area contributed by atoms with Gasteiger partial charge in [-0.15, -0.1) is 0 Å². The Kier molecular flexibility index (Phi) is 6.75. The van der Waals surface area contributed by atoms with E-state index in [9.17, 15) is 14.7 Å². The molecule has 0 radical (unpaired) electrons. The zero-order valence-electron chi connectivity index (χ0n) is 17.8. The number of carbonyl (C=O) groups is 2. The number of rotatable bonds is 7. The van der Waals surface area contributed by atoms with Gasteiger partial charge in [-0.25, -0.2) is 0 Å². The topological polar surface area (TPSA) is 85.3 Å². The summed E-state index contributed by atoms with van der Waals surface area (Å²) in [4.78, 5) is 27.2. The quantitative estimate of drug-likeness (QED) is 0.390. The lowest BCUT2D eigenvalue weighted by molar-refractivity contribution is -0.139. The molecule has 1 fully saturated rings. The molecule has 164 valence electrons. The van der Waals surface area contributed by atoms with Crippen molar-refractivity contribution in [1.82, 2.24) is 4.90 Å². The smallest absolute Gasteiger partial charge is 0.295 e. The van der Waals surface area contributed by atoms with Gasteiger partial charge in [0.15, 0.2) is 11.5 Å². The SMILES string of the molecule is CCCN1C(=O)C(=O)/C(=C(\O)c2ccc(Cl)c(OC)c2)C1c1ccc(OC)c(OC)c1. The van der Waals surface area contributed by atoms with E-state index < -0.39 is 17.7 Å². The molecule has 0 spiro atoms. The van der Waals surface area contributed by atoms with Crippen LogP contribution in [0.5, 0.6) is 17.2 Å². The van der Waals surface area contributed by atoms with Crippen LogP contribution in [0.1, 0.15) is 30.5 Å². The normalized spacial score (nSPS) is 17.7. The van der Waals surface area contributed by atoms with Crippen molar-refractivity contribution in [2.24, 2.45) is 0 Å². The Labute approximate surface area is 185 Å². The van der Waals surface area contributed by atoms with Crippen molar-refractivity contribution in [3.05, 3.63) is 58.1 Å². The van der Waals surface area contributed by atoms with Crippen LogP contribution in [0.3, 0.4) is 0 Å². The number of ether oxygens (including phenoxy) is 3. The van der Waals surface area contributed by atoms with Crippen LogP contribution < -0.4 is 14.2 Å². The van der Waals surface area contributed by atoms with E-state index in [4.69, 9.17) is 25.8 Å². The lowest BCUT2D eigenvalue weighted by Gasteiger charge is -2.25. The highest BCUT2D eigenvalue weighted by molar-refractivity contribution is 6.46. The van der Waals surface area contributed by atoms with Crippen LogP contribution in [0.25, 0.3) is 5.76 Å². The summed E-state index contributed by atoms with van der Waals surface area (Å²) in [5.74, 6) is -0.400. The molecule has 1 N–H and O–H groups in total. The van der Waals surface area contributed by atoms with Crippen molar-refractivity contribution in [3.63, 3.8) is 0 Å². The summed E-state index contributed by atoms with van der Waals surface area (Å²) >= 11 is 6.09.